The highest BCUT2D eigenvalue weighted by atomic mass is 16.4. The van der Waals surface area contributed by atoms with Gasteiger partial charge in [-0.3, -0.25) is 10.8 Å². The molecule has 1 aliphatic rings. The van der Waals surface area contributed by atoms with E-state index in [4.69, 9.17) is 16.6 Å². The molecule has 0 atom stereocenters. The summed E-state index contributed by atoms with van der Waals surface area (Å²) < 4.78 is 0. The first-order valence-corrected chi connectivity index (χ1v) is 10.2. The van der Waals surface area contributed by atoms with Crippen molar-refractivity contribution in [3.05, 3.63) is 53.6 Å². The quantitative estimate of drug-likeness (QED) is 0.352. The summed E-state index contributed by atoms with van der Waals surface area (Å²) in [5.74, 6) is 0.256. The van der Waals surface area contributed by atoms with Crippen LogP contribution in [0.5, 0.6) is 0 Å². The molecule has 0 bridgehead atoms. The van der Waals surface area contributed by atoms with Gasteiger partial charge in [0.1, 0.15) is 5.84 Å². The summed E-state index contributed by atoms with van der Waals surface area (Å²) in [4.78, 5) is 13.7. The number of carboxylic acid groups (broad SMARTS) is 1. The van der Waals surface area contributed by atoms with Crippen molar-refractivity contribution in [1.82, 2.24) is 4.90 Å². The van der Waals surface area contributed by atoms with Crippen LogP contribution in [0.2, 0.25) is 0 Å². The second-order valence-corrected chi connectivity index (χ2v) is 7.83. The minimum Gasteiger partial charge on any atom is -0.478 e. The van der Waals surface area contributed by atoms with E-state index < -0.39 is 5.97 Å². The van der Waals surface area contributed by atoms with Crippen molar-refractivity contribution in [2.24, 2.45) is 11.7 Å². The summed E-state index contributed by atoms with van der Waals surface area (Å²) in [5, 5.41) is 28.3. The average molecular weight is 408 g/mol. The van der Waals surface area contributed by atoms with Crippen molar-refractivity contribution in [1.29, 1.82) is 10.8 Å². The lowest BCUT2D eigenvalue weighted by molar-refractivity contribution is 0.0697. The minimum absolute atomic E-state index is 0.0196. The van der Waals surface area contributed by atoms with Gasteiger partial charge < -0.3 is 21.1 Å². The van der Waals surface area contributed by atoms with Gasteiger partial charge in [-0.15, -0.1) is 0 Å². The van der Waals surface area contributed by atoms with Gasteiger partial charge >= 0.3 is 5.97 Å². The number of hydrogen-bond acceptors (Lipinski definition) is 4. The number of nitrogens with one attached hydrogen (secondary N) is 3. The number of anilines is 1. The molecule has 1 heterocycles. The maximum absolute atomic E-state index is 11.6. The maximum atomic E-state index is 11.6. The molecule has 6 N–H and O–H groups in total. The zero-order valence-corrected chi connectivity index (χ0v) is 17.2. The van der Waals surface area contributed by atoms with Gasteiger partial charge in [0.05, 0.1) is 11.4 Å². The molecule has 1 aliphatic heterocycles. The van der Waals surface area contributed by atoms with Gasteiger partial charge in [-0.1, -0.05) is 18.2 Å². The van der Waals surface area contributed by atoms with Crippen LogP contribution in [0.4, 0.5) is 5.69 Å². The Bertz CT molecular complexity index is 948. The monoisotopic (exact) mass is 407 g/mol. The van der Waals surface area contributed by atoms with Crippen LogP contribution in [0.25, 0.3) is 11.1 Å². The molecule has 0 aliphatic carbocycles. The molecule has 7 heteroatoms. The fourth-order valence-electron chi connectivity index (χ4n) is 3.86. The fourth-order valence-corrected chi connectivity index (χ4v) is 3.86. The van der Waals surface area contributed by atoms with E-state index in [1.54, 1.807) is 24.3 Å². The number of hydrogen-bond donors (Lipinski definition) is 5. The molecule has 2 aromatic rings. The van der Waals surface area contributed by atoms with E-state index in [0.717, 1.165) is 55.7 Å². The number of rotatable bonds is 7. The zero-order chi connectivity index (χ0) is 21.7. The Hall–Kier alpha value is -3.35. The summed E-state index contributed by atoms with van der Waals surface area (Å²) in [6.07, 6.45) is 3.17. The molecule has 2 aromatic carbocycles. The number of aromatic carboxylic acids is 1. The zero-order valence-electron chi connectivity index (χ0n) is 17.2. The molecule has 158 valence electrons. The number of carbonyl (C=O) groups is 1. The lowest BCUT2D eigenvalue weighted by Gasteiger charge is -2.32. The third kappa shape index (κ3) is 5.37. The summed E-state index contributed by atoms with van der Waals surface area (Å²) >= 11 is 0. The highest BCUT2D eigenvalue weighted by Gasteiger charge is 2.19. The molecule has 30 heavy (non-hydrogen) atoms. The number of nitrogens with zero attached hydrogens (tertiary/aromatic N) is 1. The molecule has 0 aromatic heterocycles. The maximum Gasteiger partial charge on any atom is 0.335 e. The summed E-state index contributed by atoms with van der Waals surface area (Å²) in [5.41, 5.74) is 8.78. The van der Waals surface area contributed by atoms with Gasteiger partial charge in [0.25, 0.3) is 0 Å². The molecule has 0 saturated carbocycles. The molecular formula is C23H29N5O2. The van der Waals surface area contributed by atoms with Crippen LogP contribution in [-0.2, 0) is 0 Å². The standard InChI is InChI=1S/C23H29N5O2/c1-15(24)28-9-6-16(7-10-28)5-8-27-21-13-19(12-20(14-21)23(29)30)17-3-2-4-18(11-17)22(25)26/h2-4,11-14,16,24,27H,5-10H2,1H3,(H3,25,26)(H,29,30). The van der Waals surface area contributed by atoms with E-state index in [1.807, 2.05) is 25.1 Å². The average Bonchev–Trinajstić information content (AvgIpc) is 2.74. The molecule has 7 nitrogen and oxygen atoms in total. The summed E-state index contributed by atoms with van der Waals surface area (Å²) in [7, 11) is 0. The Morgan fingerprint density at radius 3 is 2.47 bits per heavy atom. The van der Waals surface area contributed by atoms with E-state index >= 15 is 0 Å². The van der Waals surface area contributed by atoms with Crippen molar-refractivity contribution >= 4 is 23.3 Å². The predicted molar refractivity (Wildman–Crippen MR) is 121 cm³/mol. The van der Waals surface area contributed by atoms with Crippen molar-refractivity contribution in [2.45, 2.75) is 26.2 Å². The topological polar surface area (TPSA) is 126 Å². The van der Waals surface area contributed by atoms with E-state index in [2.05, 4.69) is 10.2 Å². The van der Waals surface area contributed by atoms with Gasteiger partial charge in [0.2, 0.25) is 0 Å². The van der Waals surface area contributed by atoms with Crippen LogP contribution in [-0.4, -0.2) is 47.3 Å². The Balaban J connectivity index is 1.69. The Morgan fingerprint density at radius 1 is 1.13 bits per heavy atom. The number of carboxylic acids is 1. The number of nitrogen functional groups attached to an aromatic ring is 1. The highest BCUT2D eigenvalue weighted by Crippen LogP contribution is 2.27. The molecular weight excluding hydrogens is 378 g/mol. The number of nitrogens with two attached hydrogens (primary N) is 1. The van der Waals surface area contributed by atoms with Crippen LogP contribution in [0.1, 0.15) is 42.1 Å². The highest BCUT2D eigenvalue weighted by molar-refractivity contribution is 5.96. The molecule has 3 rings (SSSR count). The third-order valence-electron chi connectivity index (χ3n) is 5.66. The Labute approximate surface area is 176 Å². The third-order valence-corrected chi connectivity index (χ3v) is 5.66. The van der Waals surface area contributed by atoms with E-state index in [0.29, 0.717) is 17.3 Å². The lowest BCUT2D eigenvalue weighted by Crippen LogP contribution is -2.37. The lowest BCUT2D eigenvalue weighted by atomic mass is 9.93. The van der Waals surface area contributed by atoms with Gasteiger partial charge in [0, 0.05) is 30.9 Å². The van der Waals surface area contributed by atoms with Crippen molar-refractivity contribution in [2.75, 3.05) is 25.0 Å². The second kappa shape index (κ2) is 9.43. The Morgan fingerprint density at radius 2 is 1.83 bits per heavy atom. The van der Waals surface area contributed by atoms with Crippen molar-refractivity contribution in [3.63, 3.8) is 0 Å². The minimum atomic E-state index is -0.975. The Kier molecular flexibility index (Phi) is 6.72. The van der Waals surface area contributed by atoms with Crippen molar-refractivity contribution < 1.29 is 9.90 Å². The normalized spacial score (nSPS) is 14.4. The molecule has 0 radical (unpaired) electrons. The first-order chi connectivity index (χ1) is 14.3. The smallest absolute Gasteiger partial charge is 0.335 e. The van der Waals surface area contributed by atoms with Crippen LogP contribution in [0.15, 0.2) is 42.5 Å². The summed E-state index contributed by atoms with van der Waals surface area (Å²) in [6.45, 7) is 4.47. The second-order valence-electron chi connectivity index (χ2n) is 7.83. The van der Waals surface area contributed by atoms with Crippen LogP contribution in [0, 0.1) is 16.7 Å². The van der Waals surface area contributed by atoms with E-state index in [1.165, 1.54) is 0 Å². The number of benzene rings is 2. The van der Waals surface area contributed by atoms with Gasteiger partial charge in [-0.25, -0.2) is 4.79 Å². The molecule has 0 spiro atoms. The van der Waals surface area contributed by atoms with Gasteiger partial charge in [-0.2, -0.15) is 0 Å². The van der Waals surface area contributed by atoms with Crippen LogP contribution < -0.4 is 11.1 Å². The SMILES string of the molecule is CC(=N)N1CCC(CCNc2cc(C(=O)O)cc(-c3cccc(C(=N)N)c3)c2)CC1. The molecule has 1 fully saturated rings. The van der Waals surface area contributed by atoms with E-state index in [9.17, 15) is 9.90 Å². The largest absolute Gasteiger partial charge is 0.478 e. The van der Waals surface area contributed by atoms with Gasteiger partial charge in [-0.05, 0) is 67.5 Å². The number of piperidine rings is 1. The summed E-state index contributed by atoms with van der Waals surface area (Å²) in [6, 6.07) is 12.5. The van der Waals surface area contributed by atoms with E-state index in [-0.39, 0.29) is 11.4 Å². The first-order valence-electron chi connectivity index (χ1n) is 10.2. The van der Waals surface area contributed by atoms with Crippen molar-refractivity contribution in [3.8, 4) is 11.1 Å². The number of amidine groups is 2. The first kappa shape index (κ1) is 21.4. The van der Waals surface area contributed by atoms with Crippen LogP contribution >= 0.6 is 0 Å². The fraction of sp³-hybridized carbons (Fsp3) is 0.348. The van der Waals surface area contributed by atoms with Crippen LogP contribution in [0.3, 0.4) is 0 Å². The molecule has 0 amide bonds. The molecule has 1 saturated heterocycles. The molecule has 0 unspecified atom stereocenters. The van der Waals surface area contributed by atoms with Gasteiger partial charge in [0.15, 0.2) is 0 Å². The predicted octanol–water partition coefficient (Wildman–Crippen LogP) is 3.85. The number of likely N-dealkylation sites (tertiary alicyclic amines) is 1.